The van der Waals surface area contributed by atoms with E-state index in [-0.39, 0.29) is 22.6 Å². The van der Waals surface area contributed by atoms with Crippen molar-refractivity contribution in [3.63, 3.8) is 0 Å². The molecular weight excluding hydrogens is 356 g/mol. The van der Waals surface area contributed by atoms with Gasteiger partial charge in [0.25, 0.3) is 5.91 Å². The van der Waals surface area contributed by atoms with E-state index in [1.54, 1.807) is 31.2 Å². The molecule has 3 aromatic rings. The van der Waals surface area contributed by atoms with Crippen LogP contribution in [-0.2, 0) is 11.3 Å². The Morgan fingerprint density at radius 2 is 1.75 bits per heavy atom. The van der Waals surface area contributed by atoms with Crippen LogP contribution in [0.25, 0.3) is 11.0 Å². The van der Waals surface area contributed by atoms with E-state index in [4.69, 9.17) is 4.42 Å². The lowest BCUT2D eigenvalue weighted by Gasteiger charge is -2.10. The monoisotopic (exact) mass is 376 g/mol. The van der Waals surface area contributed by atoms with Crippen LogP contribution in [0.1, 0.15) is 19.4 Å². The predicted octanol–water partition coefficient (Wildman–Crippen LogP) is 4.22. The van der Waals surface area contributed by atoms with E-state index in [0.29, 0.717) is 23.2 Å². The van der Waals surface area contributed by atoms with Gasteiger partial charge in [-0.1, -0.05) is 42.5 Å². The molecule has 0 aliphatic heterocycles. The first-order chi connectivity index (χ1) is 13.5. The lowest BCUT2D eigenvalue weighted by atomic mass is 10.1. The molecule has 2 aromatic carbocycles. The highest BCUT2D eigenvalue weighted by Gasteiger charge is 2.18. The smallest absolute Gasteiger partial charge is 0.263 e. The SMILES string of the molecule is CC(=NCc1ccccc1)C(C(=O)Nc1cc(=O)c2ccccc2o1)=C(C)O. The number of para-hydroxylation sites is 1. The Hall–Kier alpha value is -3.67. The number of nitrogens with zero attached hydrogens (tertiary/aromatic N) is 1. The van der Waals surface area contributed by atoms with Gasteiger partial charge in [-0.3, -0.25) is 19.9 Å². The number of aliphatic imine (C=N–C) groups is 1. The molecule has 6 nitrogen and oxygen atoms in total. The number of fused-ring (bicyclic) bond motifs is 1. The molecule has 0 bridgehead atoms. The zero-order chi connectivity index (χ0) is 20.1. The van der Waals surface area contributed by atoms with Gasteiger partial charge in [0, 0.05) is 11.8 Å². The number of aliphatic hydroxyl groups excluding tert-OH is 1. The average molecular weight is 376 g/mol. The van der Waals surface area contributed by atoms with Gasteiger partial charge < -0.3 is 9.52 Å². The Kier molecular flexibility index (Phi) is 5.69. The van der Waals surface area contributed by atoms with Crippen LogP contribution in [0.4, 0.5) is 5.88 Å². The Labute approximate surface area is 161 Å². The van der Waals surface area contributed by atoms with Crippen LogP contribution in [0.15, 0.2) is 86.2 Å². The number of aliphatic hydroxyl groups is 1. The molecule has 1 heterocycles. The van der Waals surface area contributed by atoms with Crippen LogP contribution in [0, 0.1) is 0 Å². The number of nitrogens with one attached hydrogen (secondary N) is 1. The molecule has 28 heavy (non-hydrogen) atoms. The average Bonchev–Trinajstić information content (AvgIpc) is 2.67. The molecule has 0 saturated carbocycles. The molecule has 0 saturated heterocycles. The largest absolute Gasteiger partial charge is 0.512 e. The Balaban J connectivity index is 1.84. The van der Waals surface area contributed by atoms with E-state index in [1.165, 1.54) is 13.0 Å². The summed E-state index contributed by atoms with van der Waals surface area (Å²) in [6, 6.07) is 17.6. The first-order valence-electron chi connectivity index (χ1n) is 8.75. The van der Waals surface area contributed by atoms with E-state index in [1.807, 2.05) is 30.3 Å². The maximum atomic E-state index is 12.7. The van der Waals surface area contributed by atoms with Gasteiger partial charge in [-0.15, -0.1) is 0 Å². The summed E-state index contributed by atoms with van der Waals surface area (Å²) in [6.45, 7) is 3.43. The standard InChI is InChI=1S/C22H20N2O4/c1-14(23-13-16-8-4-3-5-9-16)21(15(2)25)22(27)24-20-12-18(26)17-10-6-7-11-19(17)28-20/h3-12,25H,13H2,1-2H3,(H,24,27). The Bertz CT molecular complexity index is 1120. The third-order valence-corrected chi connectivity index (χ3v) is 4.16. The zero-order valence-electron chi connectivity index (χ0n) is 15.6. The van der Waals surface area contributed by atoms with E-state index in [2.05, 4.69) is 10.3 Å². The van der Waals surface area contributed by atoms with Crippen molar-refractivity contribution >= 4 is 28.5 Å². The zero-order valence-corrected chi connectivity index (χ0v) is 15.6. The van der Waals surface area contributed by atoms with E-state index < -0.39 is 5.91 Å². The summed E-state index contributed by atoms with van der Waals surface area (Å²) >= 11 is 0. The lowest BCUT2D eigenvalue weighted by molar-refractivity contribution is -0.112. The van der Waals surface area contributed by atoms with E-state index in [9.17, 15) is 14.7 Å². The maximum absolute atomic E-state index is 12.7. The van der Waals surface area contributed by atoms with Gasteiger partial charge in [-0.05, 0) is 31.5 Å². The minimum absolute atomic E-state index is 0.00306. The summed E-state index contributed by atoms with van der Waals surface area (Å²) in [7, 11) is 0. The predicted molar refractivity (Wildman–Crippen MR) is 110 cm³/mol. The van der Waals surface area contributed by atoms with Crippen LogP contribution in [0.3, 0.4) is 0 Å². The quantitative estimate of drug-likeness (QED) is 0.396. The topological polar surface area (TPSA) is 91.9 Å². The number of carbonyl (C=O) groups excluding carboxylic acids is 1. The second-order valence-electron chi connectivity index (χ2n) is 6.27. The summed E-state index contributed by atoms with van der Waals surface area (Å²) in [6.07, 6.45) is 0. The first-order valence-corrected chi connectivity index (χ1v) is 8.75. The summed E-state index contributed by atoms with van der Waals surface area (Å²) < 4.78 is 5.58. The number of amides is 1. The molecule has 1 aromatic heterocycles. The fourth-order valence-corrected chi connectivity index (χ4v) is 2.80. The summed E-state index contributed by atoms with van der Waals surface area (Å²) in [4.78, 5) is 29.3. The molecule has 3 rings (SSSR count). The highest BCUT2D eigenvalue weighted by Crippen LogP contribution is 2.17. The van der Waals surface area contributed by atoms with Gasteiger partial charge >= 0.3 is 0 Å². The molecule has 6 heteroatoms. The summed E-state index contributed by atoms with van der Waals surface area (Å²) in [5.74, 6) is -0.772. The second-order valence-corrected chi connectivity index (χ2v) is 6.27. The fourth-order valence-electron chi connectivity index (χ4n) is 2.80. The van der Waals surface area contributed by atoms with Crippen molar-refractivity contribution in [3.05, 3.63) is 87.8 Å². The fraction of sp³-hybridized carbons (Fsp3) is 0.136. The van der Waals surface area contributed by atoms with Gasteiger partial charge in [-0.25, -0.2) is 0 Å². The van der Waals surface area contributed by atoms with E-state index in [0.717, 1.165) is 5.56 Å². The minimum Gasteiger partial charge on any atom is -0.512 e. The first kappa shape index (κ1) is 19.1. The van der Waals surface area contributed by atoms with Crippen LogP contribution in [0.2, 0.25) is 0 Å². The molecule has 0 atom stereocenters. The number of anilines is 1. The molecule has 0 unspecified atom stereocenters. The number of benzene rings is 2. The summed E-state index contributed by atoms with van der Waals surface area (Å²) in [5, 5.41) is 13.0. The number of allylic oxidation sites excluding steroid dienone is 1. The van der Waals surface area contributed by atoms with Gasteiger partial charge in [0.1, 0.15) is 11.3 Å². The van der Waals surface area contributed by atoms with Gasteiger partial charge in [0.15, 0.2) is 5.43 Å². The molecule has 2 N–H and O–H groups in total. The minimum atomic E-state index is -0.604. The Morgan fingerprint density at radius 3 is 2.46 bits per heavy atom. The van der Waals surface area contributed by atoms with Gasteiger partial charge in [0.05, 0.1) is 17.5 Å². The molecule has 0 spiro atoms. The maximum Gasteiger partial charge on any atom is 0.263 e. The molecule has 0 aliphatic rings. The van der Waals surface area contributed by atoms with Gasteiger partial charge in [0.2, 0.25) is 5.88 Å². The highest BCUT2D eigenvalue weighted by atomic mass is 16.3. The molecular formula is C22H20N2O4. The molecule has 0 aliphatic carbocycles. The van der Waals surface area contributed by atoms with E-state index >= 15 is 0 Å². The highest BCUT2D eigenvalue weighted by molar-refractivity contribution is 6.24. The van der Waals surface area contributed by atoms with Crippen LogP contribution in [-0.4, -0.2) is 16.7 Å². The van der Waals surface area contributed by atoms with Crippen LogP contribution in [0.5, 0.6) is 0 Å². The summed E-state index contributed by atoms with van der Waals surface area (Å²) in [5.41, 5.74) is 1.50. The lowest BCUT2D eigenvalue weighted by Crippen LogP contribution is -2.21. The van der Waals surface area contributed by atoms with Crippen molar-refractivity contribution in [1.29, 1.82) is 0 Å². The third kappa shape index (κ3) is 4.35. The third-order valence-electron chi connectivity index (χ3n) is 4.16. The van der Waals surface area contributed by atoms with Crippen molar-refractivity contribution < 1.29 is 14.3 Å². The molecule has 1 amide bonds. The van der Waals surface area contributed by atoms with Crippen molar-refractivity contribution in [2.24, 2.45) is 4.99 Å². The van der Waals surface area contributed by atoms with Crippen molar-refractivity contribution in [1.82, 2.24) is 0 Å². The number of carbonyl (C=O) groups is 1. The number of hydrogen-bond acceptors (Lipinski definition) is 5. The van der Waals surface area contributed by atoms with Crippen molar-refractivity contribution in [2.75, 3.05) is 5.32 Å². The Morgan fingerprint density at radius 1 is 1.07 bits per heavy atom. The van der Waals surface area contributed by atoms with Crippen molar-refractivity contribution in [2.45, 2.75) is 20.4 Å². The van der Waals surface area contributed by atoms with Crippen molar-refractivity contribution in [3.8, 4) is 0 Å². The number of hydrogen-bond donors (Lipinski definition) is 2. The number of rotatable bonds is 5. The molecule has 142 valence electrons. The molecule has 0 fully saturated rings. The van der Waals surface area contributed by atoms with Crippen LogP contribution >= 0.6 is 0 Å². The normalized spacial score (nSPS) is 12.6. The molecule has 0 radical (unpaired) electrons. The van der Waals surface area contributed by atoms with Crippen LogP contribution < -0.4 is 10.7 Å². The second kappa shape index (κ2) is 8.35. The van der Waals surface area contributed by atoms with Gasteiger partial charge in [-0.2, -0.15) is 0 Å².